The molecule has 0 aliphatic rings. The fourth-order valence-electron chi connectivity index (χ4n) is 2.82. The van der Waals surface area contributed by atoms with Gasteiger partial charge in [-0.2, -0.15) is 0 Å². The molecule has 0 radical (unpaired) electrons. The molecule has 0 aliphatic heterocycles. The highest BCUT2D eigenvalue weighted by atomic mass is 16.5. The summed E-state index contributed by atoms with van der Waals surface area (Å²) < 4.78 is 11.9. The first-order chi connectivity index (χ1) is 13.7. The van der Waals surface area contributed by atoms with Crippen LogP contribution in [0.25, 0.3) is 0 Å². The van der Waals surface area contributed by atoms with Crippen LogP contribution in [0.5, 0.6) is 11.5 Å². The summed E-state index contributed by atoms with van der Waals surface area (Å²) in [7, 11) is 0. The molecule has 3 aromatic carbocycles. The molecule has 0 amide bonds. The number of carboxylic acid groups (broad SMARTS) is 1. The molecule has 28 heavy (non-hydrogen) atoms. The van der Waals surface area contributed by atoms with E-state index in [1.807, 2.05) is 60.7 Å². The third kappa shape index (κ3) is 5.11. The lowest BCUT2D eigenvalue weighted by Crippen LogP contribution is -2.21. The fraction of sp³-hybridized carbons (Fsp3) is 0.174. The minimum atomic E-state index is -0.963. The molecule has 0 fully saturated rings. The fourth-order valence-corrected chi connectivity index (χ4v) is 2.82. The van der Waals surface area contributed by atoms with Gasteiger partial charge in [0.15, 0.2) is 11.5 Å². The van der Waals surface area contributed by atoms with Crippen molar-refractivity contribution in [3.63, 3.8) is 0 Å². The molecular formula is C23H23NO4. The van der Waals surface area contributed by atoms with E-state index in [9.17, 15) is 9.90 Å². The van der Waals surface area contributed by atoms with Crippen molar-refractivity contribution in [1.29, 1.82) is 0 Å². The molecule has 5 nitrogen and oxygen atoms in total. The van der Waals surface area contributed by atoms with E-state index in [-0.39, 0.29) is 6.54 Å². The number of benzene rings is 3. The van der Waals surface area contributed by atoms with E-state index >= 15 is 0 Å². The van der Waals surface area contributed by atoms with Crippen molar-refractivity contribution >= 4 is 5.97 Å². The van der Waals surface area contributed by atoms with Crippen LogP contribution in [0.1, 0.15) is 22.6 Å². The van der Waals surface area contributed by atoms with Gasteiger partial charge in [-0.3, -0.25) is 4.79 Å². The van der Waals surface area contributed by atoms with Crippen LogP contribution in [0, 0.1) is 0 Å². The van der Waals surface area contributed by atoms with Gasteiger partial charge >= 0.3 is 5.97 Å². The zero-order valence-corrected chi connectivity index (χ0v) is 15.5. The summed E-state index contributed by atoms with van der Waals surface area (Å²) in [5.41, 5.74) is 8.27. The molecule has 3 aromatic rings. The molecule has 1 unspecified atom stereocenters. The quantitative estimate of drug-likeness (QED) is 0.590. The molecule has 0 aromatic heterocycles. The van der Waals surface area contributed by atoms with Gasteiger partial charge in [0.1, 0.15) is 13.2 Å². The van der Waals surface area contributed by atoms with Gasteiger partial charge in [0.05, 0.1) is 5.92 Å². The van der Waals surface area contributed by atoms with Crippen LogP contribution in [0.3, 0.4) is 0 Å². The molecule has 0 saturated carbocycles. The van der Waals surface area contributed by atoms with Crippen molar-refractivity contribution in [3.8, 4) is 11.5 Å². The van der Waals surface area contributed by atoms with E-state index in [4.69, 9.17) is 15.2 Å². The van der Waals surface area contributed by atoms with Gasteiger partial charge in [-0.15, -0.1) is 0 Å². The number of ether oxygens (including phenoxy) is 2. The number of aliphatic carboxylic acids is 1. The standard InChI is InChI=1S/C23H23NO4/c24-14-20(23(25)26)19-11-12-21(27-15-17-7-3-1-4-8-17)22(13-19)28-16-18-9-5-2-6-10-18/h1-13,20H,14-16,24H2,(H,25,26). The first kappa shape index (κ1) is 19.5. The van der Waals surface area contributed by atoms with E-state index in [2.05, 4.69) is 0 Å². The molecule has 0 heterocycles. The highest BCUT2D eigenvalue weighted by Crippen LogP contribution is 2.32. The Balaban J connectivity index is 1.82. The first-order valence-corrected chi connectivity index (χ1v) is 9.07. The van der Waals surface area contributed by atoms with Gasteiger partial charge in [0.2, 0.25) is 0 Å². The molecule has 3 N–H and O–H groups in total. The van der Waals surface area contributed by atoms with Crippen LogP contribution in [0.4, 0.5) is 0 Å². The molecule has 5 heteroatoms. The number of nitrogens with two attached hydrogens (primary N) is 1. The number of carboxylic acids is 1. The molecular weight excluding hydrogens is 354 g/mol. The minimum absolute atomic E-state index is 0.0116. The zero-order chi connectivity index (χ0) is 19.8. The molecule has 1 atom stereocenters. The molecule has 144 valence electrons. The third-order valence-corrected chi connectivity index (χ3v) is 4.38. The Bertz CT molecular complexity index is 897. The summed E-state index contributed by atoms with van der Waals surface area (Å²) in [4.78, 5) is 11.5. The van der Waals surface area contributed by atoms with E-state index in [0.29, 0.717) is 30.3 Å². The van der Waals surface area contributed by atoms with E-state index in [0.717, 1.165) is 11.1 Å². The SMILES string of the molecule is NCC(C(=O)O)c1ccc(OCc2ccccc2)c(OCc2ccccc2)c1. The summed E-state index contributed by atoms with van der Waals surface area (Å²) in [5.74, 6) is -0.696. The number of hydrogen-bond acceptors (Lipinski definition) is 4. The Morgan fingerprint density at radius 2 is 1.36 bits per heavy atom. The van der Waals surface area contributed by atoms with Crippen molar-refractivity contribution in [2.75, 3.05) is 6.54 Å². The van der Waals surface area contributed by atoms with Gasteiger partial charge in [-0.25, -0.2) is 0 Å². The Labute approximate surface area is 164 Å². The van der Waals surface area contributed by atoms with Crippen LogP contribution >= 0.6 is 0 Å². The van der Waals surface area contributed by atoms with E-state index in [1.54, 1.807) is 18.2 Å². The van der Waals surface area contributed by atoms with Crippen molar-refractivity contribution in [3.05, 3.63) is 95.6 Å². The predicted octanol–water partition coefficient (Wildman–Crippen LogP) is 3.97. The second kappa shape index (κ2) is 9.58. The lowest BCUT2D eigenvalue weighted by molar-refractivity contribution is -0.138. The van der Waals surface area contributed by atoms with Gasteiger partial charge in [0, 0.05) is 6.54 Å². The van der Waals surface area contributed by atoms with Crippen LogP contribution in [0.15, 0.2) is 78.9 Å². The number of carbonyl (C=O) groups is 1. The molecule has 0 bridgehead atoms. The summed E-state index contributed by atoms with van der Waals surface area (Å²) >= 11 is 0. The average molecular weight is 377 g/mol. The summed E-state index contributed by atoms with van der Waals surface area (Å²) in [6, 6.07) is 24.7. The van der Waals surface area contributed by atoms with Crippen LogP contribution < -0.4 is 15.2 Å². The lowest BCUT2D eigenvalue weighted by atomic mass is 9.99. The normalized spacial score (nSPS) is 11.6. The van der Waals surface area contributed by atoms with E-state index in [1.165, 1.54) is 0 Å². The minimum Gasteiger partial charge on any atom is -0.485 e. The average Bonchev–Trinajstić information content (AvgIpc) is 2.73. The number of rotatable bonds is 9. The van der Waals surface area contributed by atoms with Crippen LogP contribution in [-0.4, -0.2) is 17.6 Å². The zero-order valence-electron chi connectivity index (χ0n) is 15.5. The molecule has 3 rings (SSSR count). The van der Waals surface area contributed by atoms with Crippen molar-refractivity contribution in [2.24, 2.45) is 5.73 Å². The second-order valence-corrected chi connectivity index (χ2v) is 6.38. The van der Waals surface area contributed by atoms with Gasteiger partial charge in [-0.05, 0) is 28.8 Å². The lowest BCUT2D eigenvalue weighted by Gasteiger charge is -2.17. The predicted molar refractivity (Wildman–Crippen MR) is 107 cm³/mol. The van der Waals surface area contributed by atoms with Crippen molar-refractivity contribution in [2.45, 2.75) is 19.1 Å². The monoisotopic (exact) mass is 377 g/mol. The maximum atomic E-state index is 11.5. The Kier molecular flexibility index (Phi) is 6.65. The summed E-state index contributed by atoms with van der Waals surface area (Å²) in [5, 5.41) is 9.39. The molecule has 0 saturated heterocycles. The highest BCUT2D eigenvalue weighted by Gasteiger charge is 2.20. The van der Waals surface area contributed by atoms with Gasteiger partial charge < -0.3 is 20.3 Å². The molecule has 0 spiro atoms. The number of hydrogen-bond donors (Lipinski definition) is 2. The van der Waals surface area contributed by atoms with Crippen molar-refractivity contribution < 1.29 is 19.4 Å². The Morgan fingerprint density at radius 3 is 1.86 bits per heavy atom. The van der Waals surface area contributed by atoms with Gasteiger partial charge in [0.25, 0.3) is 0 Å². The van der Waals surface area contributed by atoms with E-state index < -0.39 is 11.9 Å². The summed E-state index contributed by atoms with van der Waals surface area (Å²) in [6.45, 7) is 0.755. The maximum absolute atomic E-state index is 11.5. The third-order valence-electron chi connectivity index (χ3n) is 4.38. The highest BCUT2D eigenvalue weighted by molar-refractivity contribution is 5.76. The first-order valence-electron chi connectivity index (χ1n) is 9.07. The topological polar surface area (TPSA) is 81.8 Å². The van der Waals surface area contributed by atoms with Crippen molar-refractivity contribution in [1.82, 2.24) is 0 Å². The van der Waals surface area contributed by atoms with Gasteiger partial charge in [-0.1, -0.05) is 66.7 Å². The van der Waals surface area contributed by atoms with Crippen LogP contribution in [0.2, 0.25) is 0 Å². The largest absolute Gasteiger partial charge is 0.485 e. The summed E-state index contributed by atoms with van der Waals surface area (Å²) in [6.07, 6.45) is 0. The maximum Gasteiger partial charge on any atom is 0.312 e. The molecule has 0 aliphatic carbocycles. The van der Waals surface area contributed by atoms with Crippen LogP contribution in [-0.2, 0) is 18.0 Å². The second-order valence-electron chi connectivity index (χ2n) is 6.38. The Morgan fingerprint density at radius 1 is 0.821 bits per heavy atom. The smallest absolute Gasteiger partial charge is 0.312 e. The Hall–Kier alpha value is -3.31.